The number of aryl methyl sites for hydroxylation is 1. The van der Waals surface area contributed by atoms with Gasteiger partial charge in [0.15, 0.2) is 16.1 Å². The standard InChI is InChI=1S/C10H10N6OS/c1-6-2-4-12-9(14-6)18-10-13-5-3-7(15-10)8(11)16-17/h2-5,17H,1H3,(H2,11,16). The fourth-order valence-corrected chi connectivity index (χ4v) is 1.86. The van der Waals surface area contributed by atoms with Crippen molar-refractivity contribution >= 4 is 17.6 Å². The van der Waals surface area contributed by atoms with E-state index in [0.29, 0.717) is 16.0 Å². The predicted octanol–water partition coefficient (Wildman–Crippen LogP) is 0.821. The molecule has 7 nitrogen and oxygen atoms in total. The molecule has 2 aromatic rings. The molecule has 2 rings (SSSR count). The van der Waals surface area contributed by atoms with Crippen molar-refractivity contribution in [3.63, 3.8) is 0 Å². The van der Waals surface area contributed by atoms with Crippen molar-refractivity contribution in [2.75, 3.05) is 0 Å². The third kappa shape index (κ3) is 2.92. The van der Waals surface area contributed by atoms with Gasteiger partial charge in [-0.25, -0.2) is 19.9 Å². The minimum atomic E-state index is -0.0654. The minimum absolute atomic E-state index is 0.0654. The molecule has 18 heavy (non-hydrogen) atoms. The number of rotatable bonds is 3. The summed E-state index contributed by atoms with van der Waals surface area (Å²) in [7, 11) is 0. The van der Waals surface area contributed by atoms with Gasteiger partial charge in [-0.05, 0) is 30.8 Å². The van der Waals surface area contributed by atoms with Crippen molar-refractivity contribution < 1.29 is 5.21 Å². The minimum Gasteiger partial charge on any atom is -0.409 e. The van der Waals surface area contributed by atoms with E-state index in [0.717, 1.165) is 5.69 Å². The third-order valence-corrected chi connectivity index (χ3v) is 2.72. The van der Waals surface area contributed by atoms with Crippen molar-refractivity contribution in [2.24, 2.45) is 10.9 Å². The number of oxime groups is 1. The van der Waals surface area contributed by atoms with Gasteiger partial charge in [-0.3, -0.25) is 0 Å². The largest absolute Gasteiger partial charge is 0.409 e. The average molecular weight is 262 g/mol. The Labute approximate surface area is 107 Å². The van der Waals surface area contributed by atoms with Gasteiger partial charge in [0.1, 0.15) is 5.69 Å². The first-order valence-corrected chi connectivity index (χ1v) is 5.79. The molecule has 0 unspecified atom stereocenters. The van der Waals surface area contributed by atoms with E-state index in [2.05, 4.69) is 25.1 Å². The van der Waals surface area contributed by atoms with Crippen LogP contribution in [-0.4, -0.2) is 31.0 Å². The number of nitrogens with two attached hydrogens (primary N) is 1. The van der Waals surface area contributed by atoms with E-state index in [-0.39, 0.29) is 5.84 Å². The van der Waals surface area contributed by atoms with Gasteiger partial charge in [-0.1, -0.05) is 5.16 Å². The molecule has 0 saturated heterocycles. The summed E-state index contributed by atoms with van der Waals surface area (Å²) in [5, 5.41) is 12.4. The highest BCUT2D eigenvalue weighted by molar-refractivity contribution is 7.99. The van der Waals surface area contributed by atoms with Crippen LogP contribution in [0.5, 0.6) is 0 Å². The van der Waals surface area contributed by atoms with E-state index in [9.17, 15) is 0 Å². The molecule has 0 spiro atoms. The summed E-state index contributed by atoms with van der Waals surface area (Å²) < 4.78 is 0. The normalized spacial score (nSPS) is 11.5. The molecule has 0 saturated carbocycles. The maximum absolute atomic E-state index is 8.58. The van der Waals surface area contributed by atoms with Gasteiger partial charge >= 0.3 is 0 Å². The molecule has 0 aliphatic rings. The summed E-state index contributed by atoms with van der Waals surface area (Å²) in [5.41, 5.74) is 6.66. The maximum atomic E-state index is 8.58. The molecular formula is C10H10N6OS. The molecule has 0 aromatic carbocycles. The van der Waals surface area contributed by atoms with E-state index in [1.807, 2.05) is 6.92 Å². The first-order valence-electron chi connectivity index (χ1n) is 4.97. The fourth-order valence-electron chi connectivity index (χ4n) is 1.14. The van der Waals surface area contributed by atoms with Crippen molar-refractivity contribution in [3.8, 4) is 0 Å². The van der Waals surface area contributed by atoms with E-state index in [1.165, 1.54) is 18.0 Å². The van der Waals surface area contributed by atoms with Crippen LogP contribution in [0.25, 0.3) is 0 Å². The second kappa shape index (κ2) is 5.41. The second-order valence-electron chi connectivity index (χ2n) is 3.29. The molecule has 8 heteroatoms. The Hall–Kier alpha value is -2.22. The van der Waals surface area contributed by atoms with Crippen LogP contribution >= 0.6 is 11.8 Å². The average Bonchev–Trinajstić information content (AvgIpc) is 2.38. The maximum Gasteiger partial charge on any atom is 0.196 e. The molecular weight excluding hydrogens is 252 g/mol. The highest BCUT2D eigenvalue weighted by Crippen LogP contribution is 2.20. The van der Waals surface area contributed by atoms with Crippen molar-refractivity contribution in [3.05, 3.63) is 35.9 Å². The number of nitrogens with zero attached hydrogens (tertiary/aromatic N) is 5. The lowest BCUT2D eigenvalue weighted by Gasteiger charge is -2.01. The lowest BCUT2D eigenvalue weighted by molar-refractivity contribution is 0.318. The van der Waals surface area contributed by atoms with Crippen LogP contribution < -0.4 is 5.73 Å². The van der Waals surface area contributed by atoms with Crippen LogP contribution in [-0.2, 0) is 0 Å². The van der Waals surface area contributed by atoms with Crippen LogP contribution in [0.4, 0.5) is 0 Å². The van der Waals surface area contributed by atoms with Gasteiger partial charge in [0, 0.05) is 18.1 Å². The zero-order valence-electron chi connectivity index (χ0n) is 9.48. The smallest absolute Gasteiger partial charge is 0.196 e. The van der Waals surface area contributed by atoms with Gasteiger partial charge < -0.3 is 10.9 Å². The number of hydrogen-bond acceptors (Lipinski definition) is 7. The molecule has 0 bridgehead atoms. The molecule has 3 N–H and O–H groups in total. The molecule has 0 atom stereocenters. The van der Waals surface area contributed by atoms with Crippen LogP contribution in [0, 0.1) is 6.92 Å². The third-order valence-electron chi connectivity index (χ3n) is 1.96. The topological polar surface area (TPSA) is 110 Å². The van der Waals surface area contributed by atoms with Crippen LogP contribution in [0.2, 0.25) is 0 Å². The van der Waals surface area contributed by atoms with E-state index >= 15 is 0 Å². The number of hydrogen-bond donors (Lipinski definition) is 2. The Balaban J connectivity index is 2.24. The first-order chi connectivity index (χ1) is 8.69. The summed E-state index contributed by atoms with van der Waals surface area (Å²) in [4.78, 5) is 16.5. The van der Waals surface area contributed by atoms with Crippen LogP contribution in [0.15, 0.2) is 40.0 Å². The Kier molecular flexibility index (Phi) is 3.68. The van der Waals surface area contributed by atoms with Crippen molar-refractivity contribution in [1.82, 2.24) is 19.9 Å². The number of aromatic nitrogens is 4. The lowest BCUT2D eigenvalue weighted by Crippen LogP contribution is -2.15. The number of amidine groups is 1. The monoisotopic (exact) mass is 262 g/mol. The Morgan fingerprint density at radius 3 is 2.56 bits per heavy atom. The molecule has 2 aromatic heterocycles. The second-order valence-corrected chi connectivity index (χ2v) is 4.23. The molecule has 0 fully saturated rings. The summed E-state index contributed by atoms with van der Waals surface area (Å²) >= 11 is 1.21. The molecule has 2 heterocycles. The Morgan fingerprint density at radius 1 is 1.22 bits per heavy atom. The van der Waals surface area contributed by atoms with Crippen molar-refractivity contribution in [2.45, 2.75) is 17.2 Å². The SMILES string of the molecule is Cc1ccnc(Sc2nccc(/C(N)=N/O)n2)n1. The van der Waals surface area contributed by atoms with Gasteiger partial charge in [0.2, 0.25) is 0 Å². The van der Waals surface area contributed by atoms with Gasteiger partial charge in [0.05, 0.1) is 0 Å². The molecule has 0 aliphatic heterocycles. The fraction of sp³-hybridized carbons (Fsp3) is 0.100. The van der Waals surface area contributed by atoms with Crippen LogP contribution in [0.3, 0.4) is 0 Å². The summed E-state index contributed by atoms with van der Waals surface area (Å²) in [6, 6.07) is 3.36. The van der Waals surface area contributed by atoms with Crippen LogP contribution in [0.1, 0.15) is 11.4 Å². The van der Waals surface area contributed by atoms with E-state index in [1.54, 1.807) is 18.3 Å². The van der Waals surface area contributed by atoms with Gasteiger partial charge in [-0.15, -0.1) is 0 Å². The molecule has 0 radical (unpaired) electrons. The highest BCUT2D eigenvalue weighted by atomic mass is 32.2. The quantitative estimate of drug-likeness (QED) is 0.277. The summed E-state index contributed by atoms with van der Waals surface area (Å²) in [5.74, 6) is -0.0654. The Morgan fingerprint density at radius 2 is 1.89 bits per heavy atom. The van der Waals surface area contributed by atoms with Gasteiger partial charge in [0.25, 0.3) is 0 Å². The summed E-state index contributed by atoms with van der Waals surface area (Å²) in [6.45, 7) is 1.87. The molecule has 92 valence electrons. The van der Waals surface area contributed by atoms with E-state index in [4.69, 9.17) is 10.9 Å². The zero-order valence-corrected chi connectivity index (χ0v) is 10.3. The van der Waals surface area contributed by atoms with Gasteiger partial charge in [-0.2, -0.15) is 0 Å². The Bertz CT molecular complexity index is 588. The lowest BCUT2D eigenvalue weighted by atomic mass is 10.4. The summed E-state index contributed by atoms with van der Waals surface area (Å²) in [6.07, 6.45) is 3.19. The van der Waals surface area contributed by atoms with E-state index < -0.39 is 0 Å². The zero-order chi connectivity index (χ0) is 13.0. The van der Waals surface area contributed by atoms with Crippen molar-refractivity contribution in [1.29, 1.82) is 0 Å². The predicted molar refractivity (Wildman–Crippen MR) is 65.4 cm³/mol. The molecule has 0 amide bonds. The first kappa shape index (κ1) is 12.2. The highest BCUT2D eigenvalue weighted by Gasteiger charge is 2.07. The molecule has 0 aliphatic carbocycles.